The van der Waals surface area contributed by atoms with Crippen molar-refractivity contribution in [1.29, 1.82) is 5.41 Å². The summed E-state index contributed by atoms with van der Waals surface area (Å²) < 4.78 is 40.3. The fourth-order valence-electron chi connectivity index (χ4n) is 3.73. The Bertz CT molecular complexity index is 878. The van der Waals surface area contributed by atoms with Gasteiger partial charge in [0.1, 0.15) is 11.4 Å². The van der Waals surface area contributed by atoms with Gasteiger partial charge in [-0.2, -0.15) is 18.2 Å². The van der Waals surface area contributed by atoms with E-state index < -0.39 is 11.7 Å². The van der Waals surface area contributed by atoms with E-state index in [1.54, 1.807) is 6.07 Å². The highest BCUT2D eigenvalue weighted by Gasteiger charge is 2.36. The molecule has 168 valence electrons. The van der Waals surface area contributed by atoms with E-state index in [0.717, 1.165) is 63.4 Å². The summed E-state index contributed by atoms with van der Waals surface area (Å²) in [6, 6.07) is 5.43. The maximum absolute atomic E-state index is 13.4. The lowest BCUT2D eigenvalue weighted by atomic mass is 10.1. The molecule has 0 bridgehead atoms. The topological polar surface area (TPSA) is 85.7 Å². The highest BCUT2D eigenvalue weighted by molar-refractivity contribution is 5.94. The Kier molecular flexibility index (Phi) is 7.70. The van der Waals surface area contributed by atoms with E-state index in [-0.39, 0.29) is 17.8 Å². The van der Waals surface area contributed by atoms with E-state index in [1.807, 2.05) is 12.1 Å². The van der Waals surface area contributed by atoms with Gasteiger partial charge < -0.3 is 21.4 Å². The van der Waals surface area contributed by atoms with Gasteiger partial charge >= 0.3 is 6.18 Å². The first-order valence-corrected chi connectivity index (χ1v) is 10.8. The number of unbranched alkanes of at least 4 members (excludes halogenated alkanes) is 2. The normalized spacial score (nSPS) is 14.5. The number of halogens is 3. The third kappa shape index (κ3) is 6.08. The zero-order chi connectivity index (χ0) is 22.3. The molecule has 1 fully saturated rings. The van der Waals surface area contributed by atoms with Crippen LogP contribution in [0, 0.1) is 5.41 Å². The standard InChI is InChI=1S/C22H29F3N6/c1-2-3-6-12-27-18-10-7-11-19(16(18)13-26)30-21-28-14-17(22(23,24)25)20(31-21)29-15-8-4-5-9-15/h7,10-11,13-15,26-27H,2-6,8-9,12H2,1H3,(H2,28,29,30,31). The van der Waals surface area contributed by atoms with Gasteiger partial charge in [-0.15, -0.1) is 0 Å². The minimum Gasteiger partial charge on any atom is -0.384 e. The van der Waals surface area contributed by atoms with Crippen molar-refractivity contribution in [3.05, 3.63) is 35.5 Å². The zero-order valence-corrected chi connectivity index (χ0v) is 17.6. The van der Waals surface area contributed by atoms with Crippen LogP contribution in [0.2, 0.25) is 0 Å². The van der Waals surface area contributed by atoms with E-state index >= 15 is 0 Å². The molecule has 1 aliphatic rings. The molecule has 9 heteroatoms. The van der Waals surface area contributed by atoms with Crippen LogP contribution in [0.1, 0.15) is 63.0 Å². The van der Waals surface area contributed by atoms with Crippen LogP contribution in [0.4, 0.5) is 36.3 Å². The predicted octanol–water partition coefficient (Wildman–Crippen LogP) is 6.19. The number of rotatable bonds is 10. The van der Waals surface area contributed by atoms with Crippen molar-refractivity contribution in [3.8, 4) is 0 Å². The van der Waals surface area contributed by atoms with E-state index in [1.165, 1.54) is 6.21 Å². The van der Waals surface area contributed by atoms with E-state index in [9.17, 15) is 13.2 Å². The van der Waals surface area contributed by atoms with Crippen molar-refractivity contribution in [2.75, 3.05) is 22.5 Å². The summed E-state index contributed by atoms with van der Waals surface area (Å²) in [5, 5.41) is 17.1. The molecule has 0 aliphatic heterocycles. The second kappa shape index (κ2) is 10.5. The smallest absolute Gasteiger partial charge is 0.384 e. The molecule has 31 heavy (non-hydrogen) atoms. The van der Waals surface area contributed by atoms with Crippen LogP contribution in [-0.2, 0) is 6.18 Å². The van der Waals surface area contributed by atoms with E-state index in [0.29, 0.717) is 11.3 Å². The quantitative estimate of drug-likeness (QED) is 0.264. The van der Waals surface area contributed by atoms with Gasteiger partial charge in [-0.1, -0.05) is 38.7 Å². The molecule has 0 unspecified atom stereocenters. The molecule has 1 aromatic heterocycles. The van der Waals surface area contributed by atoms with Gasteiger partial charge in [-0.25, -0.2) is 4.98 Å². The Morgan fingerprint density at radius 1 is 1.16 bits per heavy atom. The molecule has 1 heterocycles. The maximum Gasteiger partial charge on any atom is 0.421 e. The lowest BCUT2D eigenvalue weighted by Gasteiger charge is -2.19. The third-order valence-electron chi connectivity index (χ3n) is 5.38. The fraction of sp³-hybridized carbons (Fsp3) is 0.500. The molecule has 1 aromatic carbocycles. The van der Waals surface area contributed by atoms with Crippen molar-refractivity contribution in [2.24, 2.45) is 0 Å². The van der Waals surface area contributed by atoms with Gasteiger partial charge in [0.25, 0.3) is 0 Å². The number of nitrogens with one attached hydrogen (secondary N) is 4. The van der Waals surface area contributed by atoms with Gasteiger partial charge in [0, 0.05) is 36.2 Å². The molecular weight excluding hydrogens is 405 g/mol. The second-order valence-corrected chi connectivity index (χ2v) is 7.75. The van der Waals surface area contributed by atoms with Crippen LogP contribution >= 0.6 is 0 Å². The van der Waals surface area contributed by atoms with Gasteiger partial charge in [0.05, 0.1) is 5.69 Å². The highest BCUT2D eigenvalue weighted by atomic mass is 19.4. The van der Waals surface area contributed by atoms with Crippen molar-refractivity contribution < 1.29 is 13.2 Å². The predicted molar refractivity (Wildman–Crippen MR) is 119 cm³/mol. The number of alkyl halides is 3. The molecule has 1 aliphatic carbocycles. The molecule has 2 aromatic rings. The minimum atomic E-state index is -4.54. The second-order valence-electron chi connectivity index (χ2n) is 7.75. The molecule has 0 radical (unpaired) electrons. The number of benzene rings is 1. The summed E-state index contributed by atoms with van der Waals surface area (Å²) in [5.74, 6) is -0.151. The fourth-order valence-corrected chi connectivity index (χ4v) is 3.73. The monoisotopic (exact) mass is 434 g/mol. The van der Waals surface area contributed by atoms with Crippen LogP contribution in [0.25, 0.3) is 0 Å². The van der Waals surface area contributed by atoms with Crippen molar-refractivity contribution in [1.82, 2.24) is 9.97 Å². The number of nitrogens with zero attached hydrogens (tertiary/aromatic N) is 2. The molecule has 0 saturated heterocycles. The molecule has 3 rings (SSSR count). The Hall–Kier alpha value is -2.84. The molecule has 4 N–H and O–H groups in total. The lowest BCUT2D eigenvalue weighted by molar-refractivity contribution is -0.137. The lowest BCUT2D eigenvalue weighted by Crippen LogP contribution is -2.20. The molecule has 0 spiro atoms. The van der Waals surface area contributed by atoms with E-state index in [2.05, 4.69) is 32.8 Å². The third-order valence-corrected chi connectivity index (χ3v) is 5.38. The zero-order valence-electron chi connectivity index (χ0n) is 17.6. The number of hydrogen-bond donors (Lipinski definition) is 4. The SMILES string of the molecule is CCCCCNc1cccc(Nc2ncc(C(F)(F)F)c(NC3CCCC3)n2)c1C=N. The minimum absolute atomic E-state index is 0.0170. The van der Waals surface area contributed by atoms with Gasteiger partial charge in [-0.3, -0.25) is 0 Å². The largest absolute Gasteiger partial charge is 0.421 e. The van der Waals surface area contributed by atoms with Crippen molar-refractivity contribution in [2.45, 2.75) is 64.1 Å². The van der Waals surface area contributed by atoms with Gasteiger partial charge in [-0.05, 0) is 31.4 Å². The van der Waals surface area contributed by atoms with Crippen molar-refractivity contribution in [3.63, 3.8) is 0 Å². The summed E-state index contributed by atoms with van der Waals surface area (Å²) in [5.41, 5.74) is 1.07. The number of anilines is 4. The van der Waals surface area contributed by atoms with E-state index in [4.69, 9.17) is 5.41 Å². The maximum atomic E-state index is 13.4. The van der Waals surface area contributed by atoms with Crippen LogP contribution in [0.3, 0.4) is 0 Å². The number of aromatic nitrogens is 2. The van der Waals surface area contributed by atoms with Crippen molar-refractivity contribution >= 4 is 29.4 Å². The molecule has 1 saturated carbocycles. The highest BCUT2D eigenvalue weighted by Crippen LogP contribution is 2.36. The Morgan fingerprint density at radius 2 is 1.90 bits per heavy atom. The Balaban J connectivity index is 1.83. The summed E-state index contributed by atoms with van der Waals surface area (Å²) in [6.07, 6.45) is 4.37. The summed E-state index contributed by atoms with van der Waals surface area (Å²) in [6.45, 7) is 2.91. The van der Waals surface area contributed by atoms with Gasteiger partial charge in [0.15, 0.2) is 0 Å². The first-order valence-electron chi connectivity index (χ1n) is 10.8. The average molecular weight is 435 g/mol. The molecule has 6 nitrogen and oxygen atoms in total. The molecule has 0 atom stereocenters. The van der Waals surface area contributed by atoms with Crippen LogP contribution < -0.4 is 16.0 Å². The van der Waals surface area contributed by atoms with Gasteiger partial charge in [0.2, 0.25) is 5.95 Å². The molecule has 0 amide bonds. The first kappa shape index (κ1) is 22.8. The summed E-state index contributed by atoms with van der Waals surface area (Å²) in [4.78, 5) is 8.03. The summed E-state index contributed by atoms with van der Waals surface area (Å²) in [7, 11) is 0. The first-order chi connectivity index (χ1) is 14.9. The van der Waals surface area contributed by atoms with Crippen LogP contribution in [0.5, 0.6) is 0 Å². The summed E-state index contributed by atoms with van der Waals surface area (Å²) >= 11 is 0. The van der Waals surface area contributed by atoms with Crippen LogP contribution in [0.15, 0.2) is 24.4 Å². The Labute approximate surface area is 180 Å². The van der Waals surface area contributed by atoms with Crippen LogP contribution in [-0.4, -0.2) is 28.8 Å². The average Bonchev–Trinajstić information content (AvgIpc) is 3.24. The number of hydrogen-bond acceptors (Lipinski definition) is 6. The Morgan fingerprint density at radius 3 is 2.58 bits per heavy atom. The molecular formula is C22H29F3N6.